The molecule has 1 aromatic rings. The zero-order valence-electron chi connectivity index (χ0n) is 11.3. The van der Waals surface area contributed by atoms with Crippen molar-refractivity contribution in [2.24, 2.45) is 0 Å². The Morgan fingerprint density at radius 3 is 1.45 bits per heavy atom. The number of phenolic OH excluding ortho intramolecular Hbond substituents is 1. The zero-order valence-corrected chi connectivity index (χ0v) is 16.2. The molecule has 0 spiro atoms. The summed E-state index contributed by atoms with van der Waals surface area (Å²) in [6.07, 6.45) is -0.954. The zero-order chi connectivity index (χ0) is 14.6. The number of aliphatic hydroxyl groups excluding tert-OH is 3. The number of hydrogen-bond acceptors (Lipinski definition) is 7. The van der Waals surface area contributed by atoms with E-state index in [1.54, 1.807) is 24.3 Å². The van der Waals surface area contributed by atoms with Gasteiger partial charge in [0, 0.05) is 0 Å². The van der Waals surface area contributed by atoms with Crippen molar-refractivity contribution in [1.82, 2.24) is 0 Å². The van der Waals surface area contributed by atoms with Crippen LogP contribution in [0.2, 0.25) is 0 Å². The molecular weight excluding hydrogens is 313 g/mol. The monoisotopic (exact) mass is 328 g/mol. The first kappa shape index (κ1) is 29.1. The molecule has 5 N–H and O–H groups in total. The molecule has 0 heterocycles. The molecule has 106 valence electrons. The van der Waals surface area contributed by atoms with Gasteiger partial charge in [0.05, 0.1) is 21.0 Å². The van der Waals surface area contributed by atoms with Crippen LogP contribution in [0.5, 0.6) is 5.75 Å². The molecule has 20 heavy (non-hydrogen) atoms. The molecule has 1 rings (SSSR count). The summed E-state index contributed by atoms with van der Waals surface area (Å²) in [6.45, 7) is -0.729. The van der Waals surface area contributed by atoms with Crippen molar-refractivity contribution in [1.29, 1.82) is 0 Å². The smallest absolute Gasteiger partial charge is 0.790 e. The molecule has 0 aliphatic heterocycles. The minimum Gasteiger partial charge on any atom is -0.790 e. The van der Waals surface area contributed by atoms with Crippen molar-refractivity contribution < 1.29 is 98.8 Å². The molecule has 0 saturated heterocycles. The Morgan fingerprint density at radius 1 is 1.05 bits per heavy atom. The van der Waals surface area contributed by atoms with E-state index in [2.05, 4.69) is 0 Å². The number of aromatic hydroxyl groups is 1. The van der Waals surface area contributed by atoms with Crippen molar-refractivity contribution in [3.05, 3.63) is 30.3 Å². The number of rotatable bonds is 2. The van der Waals surface area contributed by atoms with Gasteiger partial charge >= 0.3 is 59.1 Å². The predicted octanol–water partition coefficient (Wildman–Crippen LogP) is -8.46. The largest absolute Gasteiger partial charge is 1.00 e. The second kappa shape index (κ2) is 18.1. The van der Waals surface area contributed by atoms with Crippen molar-refractivity contribution >= 4 is 7.82 Å². The average molecular weight is 328 g/mol. The van der Waals surface area contributed by atoms with E-state index < -0.39 is 13.9 Å². The number of phosphoric acid groups is 1. The van der Waals surface area contributed by atoms with Gasteiger partial charge in [-0.05, 0) is 12.1 Å². The van der Waals surface area contributed by atoms with Gasteiger partial charge in [-0.25, -0.2) is 0 Å². The standard InChI is InChI=1S/C6H6O.C3H8O3.2Na.H3O4P/c7-6-4-2-1-3-5-6;4-1-3(6)2-5;;;1-5(2,3)4/h1-5,7H;3-6H,1-2H2;;;(H3,1,2,3,4)/q;;2*+1;/p-2. The summed E-state index contributed by atoms with van der Waals surface area (Å²) in [5, 5.41) is 32.6. The number of benzene rings is 1. The van der Waals surface area contributed by atoms with Crippen molar-refractivity contribution in [3.63, 3.8) is 0 Å². The van der Waals surface area contributed by atoms with Crippen LogP contribution in [0.3, 0.4) is 0 Å². The Bertz CT molecular complexity index is 322. The molecule has 0 amide bonds. The Morgan fingerprint density at radius 2 is 1.35 bits per heavy atom. The van der Waals surface area contributed by atoms with Gasteiger partial charge in [-0.1, -0.05) is 18.2 Å². The fraction of sp³-hybridized carbons (Fsp3) is 0.333. The van der Waals surface area contributed by atoms with Crippen molar-refractivity contribution in [3.8, 4) is 5.75 Å². The van der Waals surface area contributed by atoms with E-state index in [0.717, 1.165) is 0 Å². The topological polar surface area (TPSA) is 164 Å². The van der Waals surface area contributed by atoms with Crippen LogP contribution in [0, 0.1) is 0 Å². The van der Waals surface area contributed by atoms with Crippen LogP contribution in [0.1, 0.15) is 0 Å². The fourth-order valence-electron chi connectivity index (χ4n) is 0.486. The molecule has 0 atom stereocenters. The van der Waals surface area contributed by atoms with Gasteiger partial charge in [0.25, 0.3) is 0 Å². The normalized spacial score (nSPS) is 8.95. The fourth-order valence-corrected chi connectivity index (χ4v) is 0.486. The summed E-state index contributed by atoms with van der Waals surface area (Å²) in [5.41, 5.74) is 0. The minimum atomic E-state index is -5.14. The third kappa shape index (κ3) is 36.4. The van der Waals surface area contributed by atoms with E-state index in [9.17, 15) is 0 Å². The Hall–Kier alpha value is 1.01. The molecule has 0 aliphatic carbocycles. The SMILES string of the molecule is O=P([O-])([O-])O.OCC(O)CO.Oc1ccccc1.[Na+].[Na+]. The summed E-state index contributed by atoms with van der Waals surface area (Å²) in [5.74, 6) is 0.322. The molecule has 0 aliphatic rings. The number of para-hydroxylation sites is 1. The van der Waals surface area contributed by atoms with E-state index in [-0.39, 0.29) is 72.3 Å². The molecule has 11 heteroatoms. The first-order valence-electron chi connectivity index (χ1n) is 4.59. The van der Waals surface area contributed by atoms with Gasteiger partial charge in [-0.3, -0.25) is 0 Å². The van der Waals surface area contributed by atoms with Gasteiger partial charge in [-0.2, -0.15) is 0 Å². The predicted molar refractivity (Wildman–Crippen MR) is 58.1 cm³/mol. The van der Waals surface area contributed by atoms with Crippen LogP contribution in [0.4, 0.5) is 0 Å². The van der Waals surface area contributed by atoms with Crippen LogP contribution >= 0.6 is 7.82 Å². The van der Waals surface area contributed by atoms with Crippen LogP contribution < -0.4 is 68.9 Å². The molecule has 0 radical (unpaired) electrons. The Kier molecular flexibility index (Phi) is 26.3. The van der Waals surface area contributed by atoms with E-state index in [1.165, 1.54) is 0 Å². The molecule has 8 nitrogen and oxygen atoms in total. The maximum atomic E-state index is 8.66. The summed E-state index contributed by atoms with van der Waals surface area (Å²) >= 11 is 0. The molecular formula is C9H15Na2O8P. The molecule has 0 bridgehead atoms. The first-order valence-corrected chi connectivity index (χ1v) is 6.08. The van der Waals surface area contributed by atoms with Crippen LogP contribution in [0.25, 0.3) is 0 Å². The van der Waals surface area contributed by atoms with E-state index in [1.807, 2.05) is 6.07 Å². The summed E-state index contributed by atoms with van der Waals surface area (Å²) < 4.78 is 8.66. The summed E-state index contributed by atoms with van der Waals surface area (Å²) in [7, 11) is -5.14. The van der Waals surface area contributed by atoms with E-state index in [4.69, 9.17) is 39.7 Å². The third-order valence-corrected chi connectivity index (χ3v) is 1.18. The minimum absolute atomic E-state index is 0. The van der Waals surface area contributed by atoms with Gasteiger partial charge < -0.3 is 39.7 Å². The van der Waals surface area contributed by atoms with Crippen LogP contribution in [0.15, 0.2) is 30.3 Å². The molecule has 0 saturated carbocycles. The van der Waals surface area contributed by atoms with Crippen LogP contribution in [-0.2, 0) is 4.57 Å². The van der Waals surface area contributed by atoms with Crippen LogP contribution in [-0.4, -0.2) is 44.6 Å². The van der Waals surface area contributed by atoms with Gasteiger partial charge in [0.2, 0.25) is 0 Å². The number of hydrogen-bond donors (Lipinski definition) is 5. The van der Waals surface area contributed by atoms with Gasteiger partial charge in [-0.15, -0.1) is 0 Å². The number of aliphatic hydroxyl groups is 3. The second-order valence-corrected chi connectivity index (χ2v) is 3.76. The first-order chi connectivity index (χ1) is 8.20. The Labute approximate surface area is 160 Å². The maximum absolute atomic E-state index is 8.66. The maximum Gasteiger partial charge on any atom is 1.00 e. The molecule has 0 unspecified atom stereocenters. The quantitative estimate of drug-likeness (QED) is 0.264. The summed E-state index contributed by atoms with van der Waals surface area (Å²) in [6, 6.07) is 8.71. The number of phenols is 1. The average Bonchev–Trinajstić information content (AvgIpc) is 2.27. The van der Waals surface area contributed by atoms with Crippen molar-refractivity contribution in [2.75, 3.05) is 13.2 Å². The molecule has 0 aromatic heterocycles. The van der Waals surface area contributed by atoms with E-state index >= 15 is 0 Å². The second-order valence-electron chi connectivity index (χ2n) is 2.82. The molecule has 1 aromatic carbocycles. The molecule has 0 fully saturated rings. The Balaban J connectivity index is -0.0000000930. The van der Waals surface area contributed by atoms with E-state index in [0.29, 0.717) is 5.75 Å². The summed E-state index contributed by atoms with van der Waals surface area (Å²) in [4.78, 5) is 24.3. The van der Waals surface area contributed by atoms with Gasteiger partial charge in [0.1, 0.15) is 11.9 Å². The third-order valence-electron chi connectivity index (χ3n) is 1.18. The van der Waals surface area contributed by atoms with Gasteiger partial charge in [0.15, 0.2) is 0 Å². The van der Waals surface area contributed by atoms with Crippen molar-refractivity contribution in [2.45, 2.75) is 6.10 Å².